The van der Waals surface area contributed by atoms with Crippen molar-refractivity contribution in [1.82, 2.24) is 15.4 Å². The molecule has 124 valence electrons. The maximum atomic E-state index is 9.66. The van der Waals surface area contributed by atoms with Gasteiger partial charge in [-0.2, -0.15) is 0 Å². The van der Waals surface area contributed by atoms with E-state index in [9.17, 15) is 5.11 Å². The van der Waals surface area contributed by atoms with Gasteiger partial charge in [-0.15, -0.1) is 5.10 Å². The van der Waals surface area contributed by atoms with Crippen LogP contribution < -0.4 is 16.7 Å². The predicted octanol–water partition coefficient (Wildman–Crippen LogP) is 2.33. The second-order valence-corrected chi connectivity index (χ2v) is 5.82. The Bertz CT molecular complexity index is 1150. The Morgan fingerprint density at radius 1 is 1.24 bits per heavy atom. The molecule has 2 aromatic heterocycles. The normalized spacial score (nSPS) is 11.9. The maximum Gasteiger partial charge on any atom is 0.247 e. The first kappa shape index (κ1) is 15.2. The lowest BCUT2D eigenvalue weighted by Crippen LogP contribution is -2.27. The Morgan fingerprint density at radius 2 is 2.08 bits per heavy atom. The quantitative estimate of drug-likeness (QED) is 0.326. The average Bonchev–Trinajstić information content (AvgIpc) is 3.03. The zero-order valence-electron chi connectivity index (χ0n) is 12.9. The molecular weight excluding hydrogens is 338 g/mol. The number of benzene rings is 2. The number of thiocarbonyl (C=S) groups is 1. The molecule has 2 aromatic carbocycles. The number of nitrogens with one attached hydrogen (secondary N) is 2. The van der Waals surface area contributed by atoms with E-state index in [2.05, 4.69) is 20.5 Å². The van der Waals surface area contributed by atoms with E-state index >= 15 is 0 Å². The number of hydrogen-bond acceptors (Lipinski definition) is 5. The van der Waals surface area contributed by atoms with E-state index in [0.717, 1.165) is 16.4 Å². The molecule has 25 heavy (non-hydrogen) atoms. The highest BCUT2D eigenvalue weighted by molar-refractivity contribution is 7.80. The molecule has 8 heteroatoms. The highest BCUT2D eigenvalue weighted by atomic mass is 32.1. The summed E-state index contributed by atoms with van der Waals surface area (Å²) in [6.07, 6.45) is 0. The van der Waals surface area contributed by atoms with Crippen LogP contribution in [0.3, 0.4) is 0 Å². The first-order valence-corrected chi connectivity index (χ1v) is 7.82. The van der Waals surface area contributed by atoms with Gasteiger partial charge in [-0.1, -0.05) is 12.1 Å². The maximum absolute atomic E-state index is 9.66. The van der Waals surface area contributed by atoms with Crippen LogP contribution in [-0.4, -0.2) is 20.2 Å². The van der Waals surface area contributed by atoms with Crippen molar-refractivity contribution in [3.63, 3.8) is 0 Å². The van der Waals surface area contributed by atoms with Gasteiger partial charge in [0.05, 0.1) is 16.6 Å². The molecule has 0 atom stereocenters. The molecule has 0 spiro atoms. The summed E-state index contributed by atoms with van der Waals surface area (Å²) >= 11 is 4.79. The first-order valence-electron chi connectivity index (χ1n) is 7.41. The molecule has 0 saturated heterocycles. The summed E-state index contributed by atoms with van der Waals surface area (Å²) in [4.78, 5) is 7.82. The van der Waals surface area contributed by atoms with Crippen LogP contribution >= 0.6 is 12.2 Å². The Hall–Kier alpha value is -3.39. The number of aromatic hydroxyl groups is 1. The molecule has 0 radical (unpaired) electrons. The largest absolute Gasteiger partial charge is 0.508 e. The van der Waals surface area contributed by atoms with E-state index < -0.39 is 0 Å². The lowest BCUT2D eigenvalue weighted by molar-refractivity contribution is 0.472. The molecule has 0 aliphatic heterocycles. The van der Waals surface area contributed by atoms with E-state index in [0.29, 0.717) is 17.0 Å². The third-order valence-electron chi connectivity index (χ3n) is 3.65. The van der Waals surface area contributed by atoms with E-state index in [1.54, 1.807) is 12.1 Å². The molecule has 0 bridgehead atoms. The van der Waals surface area contributed by atoms with Gasteiger partial charge in [0.2, 0.25) is 5.55 Å². The summed E-state index contributed by atoms with van der Waals surface area (Å²) < 4.78 is 5.81. The van der Waals surface area contributed by atoms with Crippen LogP contribution in [0.5, 0.6) is 5.75 Å². The average molecular weight is 351 g/mol. The number of phenolic OH excluding ortho intramolecular Hbond substituents is 1. The summed E-state index contributed by atoms with van der Waals surface area (Å²) in [5.74, 6) is 0.699. The number of hydrogen-bond donors (Lipinski definition) is 4. The Labute approximate surface area is 146 Å². The van der Waals surface area contributed by atoms with Crippen molar-refractivity contribution in [2.75, 3.05) is 0 Å². The van der Waals surface area contributed by atoms with Gasteiger partial charge in [-0.3, -0.25) is 5.43 Å². The van der Waals surface area contributed by atoms with Crippen molar-refractivity contribution in [2.45, 2.75) is 0 Å². The molecule has 4 rings (SSSR count). The minimum absolute atomic E-state index is 0.0155. The number of nitrogens with two attached hydrogens (primary N) is 1. The van der Waals surface area contributed by atoms with Crippen LogP contribution in [0.2, 0.25) is 0 Å². The summed E-state index contributed by atoms with van der Waals surface area (Å²) in [5.41, 5.74) is 11.1. The summed E-state index contributed by atoms with van der Waals surface area (Å²) in [7, 11) is 0. The Kier molecular flexibility index (Phi) is 3.58. The third-order valence-corrected chi connectivity index (χ3v) is 3.74. The molecule has 2 heterocycles. The van der Waals surface area contributed by atoms with Crippen LogP contribution in [0.1, 0.15) is 0 Å². The van der Waals surface area contributed by atoms with Crippen molar-refractivity contribution >= 4 is 39.3 Å². The van der Waals surface area contributed by atoms with Gasteiger partial charge in [0.1, 0.15) is 17.2 Å². The van der Waals surface area contributed by atoms with Crippen LogP contribution in [0.15, 0.2) is 58.0 Å². The fourth-order valence-electron chi connectivity index (χ4n) is 2.55. The fraction of sp³-hybridized carbons (Fsp3) is 0. The minimum Gasteiger partial charge on any atom is -0.508 e. The molecule has 0 unspecified atom stereocenters. The van der Waals surface area contributed by atoms with Gasteiger partial charge in [0.25, 0.3) is 0 Å². The van der Waals surface area contributed by atoms with Crippen LogP contribution in [-0.2, 0) is 0 Å². The van der Waals surface area contributed by atoms with Crippen LogP contribution in [0.25, 0.3) is 33.4 Å². The topological polar surface area (TPSA) is 112 Å². The van der Waals surface area contributed by atoms with Gasteiger partial charge < -0.3 is 20.2 Å². The van der Waals surface area contributed by atoms with Gasteiger partial charge >= 0.3 is 0 Å². The van der Waals surface area contributed by atoms with Crippen molar-refractivity contribution in [3.8, 4) is 17.1 Å². The van der Waals surface area contributed by atoms with E-state index in [1.165, 1.54) is 6.07 Å². The molecule has 5 N–H and O–H groups in total. The molecule has 7 nitrogen and oxygen atoms in total. The standard InChI is InChI=1S/C17H13N5O2S/c18-17(25)22-21-16-11(7-9-5-6-10(23)8-14(9)24-16)15-19-12-3-1-2-4-13(12)20-15/h1-8,23H,(H,19,20)(H3,18,22,25)/b21-16-. The SMILES string of the molecule is NC(=S)N/N=c1\oc2cc(O)ccc2cc1-c1nc2ccccc2[nH]1. The highest BCUT2D eigenvalue weighted by Gasteiger charge is 2.11. The van der Waals surface area contributed by atoms with Crippen LogP contribution in [0, 0.1) is 0 Å². The lowest BCUT2D eigenvalue weighted by Gasteiger charge is -2.03. The smallest absolute Gasteiger partial charge is 0.247 e. The third kappa shape index (κ3) is 2.90. The van der Waals surface area contributed by atoms with Crippen molar-refractivity contribution in [2.24, 2.45) is 10.8 Å². The second-order valence-electron chi connectivity index (χ2n) is 5.38. The molecule has 0 saturated carbocycles. The van der Waals surface area contributed by atoms with E-state index in [-0.39, 0.29) is 16.4 Å². The number of nitrogens with zero attached hydrogens (tertiary/aromatic N) is 2. The Morgan fingerprint density at radius 3 is 2.88 bits per heavy atom. The number of rotatable bonds is 2. The number of imidazole rings is 1. The number of H-pyrrole nitrogens is 1. The first-order chi connectivity index (χ1) is 12.1. The number of aromatic nitrogens is 2. The molecule has 0 fully saturated rings. The van der Waals surface area contributed by atoms with Gasteiger partial charge in [-0.25, -0.2) is 4.98 Å². The monoisotopic (exact) mass is 351 g/mol. The number of aromatic amines is 1. The van der Waals surface area contributed by atoms with Gasteiger partial charge in [0, 0.05) is 11.5 Å². The Balaban J connectivity index is 1.99. The zero-order chi connectivity index (χ0) is 17.4. The summed E-state index contributed by atoms with van der Waals surface area (Å²) in [6, 6.07) is 14.4. The second kappa shape index (κ2) is 5.91. The number of phenols is 1. The summed E-state index contributed by atoms with van der Waals surface area (Å²) in [5, 5.41) is 14.6. The van der Waals surface area contributed by atoms with E-state index in [4.69, 9.17) is 22.4 Å². The molecule has 0 amide bonds. The van der Waals surface area contributed by atoms with Crippen molar-refractivity contribution in [3.05, 3.63) is 54.1 Å². The molecular formula is C17H13N5O2S. The molecule has 0 aliphatic carbocycles. The minimum atomic E-state index is 0.0155. The number of para-hydroxylation sites is 2. The van der Waals surface area contributed by atoms with Crippen molar-refractivity contribution < 1.29 is 9.52 Å². The number of fused-ring (bicyclic) bond motifs is 2. The molecule has 4 aromatic rings. The fourth-order valence-corrected chi connectivity index (χ4v) is 2.59. The predicted molar refractivity (Wildman–Crippen MR) is 98.5 cm³/mol. The molecule has 0 aliphatic rings. The highest BCUT2D eigenvalue weighted by Crippen LogP contribution is 2.24. The lowest BCUT2D eigenvalue weighted by atomic mass is 10.1. The van der Waals surface area contributed by atoms with Crippen LogP contribution in [0.4, 0.5) is 0 Å². The van der Waals surface area contributed by atoms with E-state index in [1.807, 2.05) is 30.3 Å². The van der Waals surface area contributed by atoms with Gasteiger partial charge in [-0.05, 0) is 42.5 Å². The zero-order valence-corrected chi connectivity index (χ0v) is 13.7. The van der Waals surface area contributed by atoms with Crippen molar-refractivity contribution in [1.29, 1.82) is 0 Å². The summed E-state index contributed by atoms with van der Waals surface area (Å²) in [6.45, 7) is 0. The van der Waals surface area contributed by atoms with Gasteiger partial charge in [0.15, 0.2) is 5.11 Å².